The van der Waals surface area contributed by atoms with E-state index in [2.05, 4.69) is 5.10 Å². The van der Waals surface area contributed by atoms with Gasteiger partial charge in [-0.1, -0.05) is 0 Å². The van der Waals surface area contributed by atoms with Crippen LogP contribution in [-0.4, -0.2) is 40.6 Å². The maximum Gasteiger partial charge on any atom is 0.200 e. The number of ketones is 1. The number of rotatable bonds is 3. The van der Waals surface area contributed by atoms with E-state index in [1.807, 2.05) is 0 Å². The molecule has 1 atom stereocenters. The molecule has 2 heterocycles. The number of phenolic OH excluding ortho intramolecular Hbond substituents is 1. The first kappa shape index (κ1) is 15.7. The zero-order valence-electron chi connectivity index (χ0n) is 12.4. The van der Waals surface area contributed by atoms with Crippen LogP contribution in [0, 0.1) is 5.82 Å². The number of sulfone groups is 1. The number of hydrogen-bond acceptors (Lipinski definition) is 5. The Kier molecular flexibility index (Phi) is 3.51. The summed E-state index contributed by atoms with van der Waals surface area (Å²) in [5.74, 6) is -1.48. The van der Waals surface area contributed by atoms with Gasteiger partial charge >= 0.3 is 0 Å². The molecule has 0 saturated carbocycles. The molecule has 23 heavy (non-hydrogen) atoms. The number of phenols is 1. The number of aromatic hydroxyl groups is 1. The van der Waals surface area contributed by atoms with Gasteiger partial charge in [0.25, 0.3) is 0 Å². The average Bonchev–Trinajstić information content (AvgIpc) is 3.07. The van der Waals surface area contributed by atoms with Crippen molar-refractivity contribution in [3.8, 4) is 5.75 Å². The van der Waals surface area contributed by atoms with Gasteiger partial charge in [-0.3, -0.25) is 9.48 Å². The molecule has 1 aromatic heterocycles. The molecule has 0 amide bonds. The van der Waals surface area contributed by atoms with Crippen LogP contribution in [0.15, 0.2) is 30.6 Å². The predicted molar refractivity (Wildman–Crippen MR) is 80.6 cm³/mol. The van der Waals surface area contributed by atoms with E-state index in [-0.39, 0.29) is 28.4 Å². The molecule has 2 aromatic rings. The normalized spacial score (nSPS) is 23.0. The fourth-order valence-corrected chi connectivity index (χ4v) is 4.87. The van der Waals surface area contributed by atoms with Gasteiger partial charge in [-0.05, 0) is 31.5 Å². The van der Waals surface area contributed by atoms with E-state index in [0.717, 1.165) is 18.2 Å². The van der Waals surface area contributed by atoms with Gasteiger partial charge in [0.2, 0.25) is 0 Å². The third-order valence-electron chi connectivity index (χ3n) is 4.08. The highest BCUT2D eigenvalue weighted by atomic mass is 32.2. The summed E-state index contributed by atoms with van der Waals surface area (Å²) in [6.45, 7) is 1.76. The lowest BCUT2D eigenvalue weighted by Crippen LogP contribution is -2.31. The summed E-state index contributed by atoms with van der Waals surface area (Å²) >= 11 is 0. The van der Waals surface area contributed by atoms with E-state index in [0.29, 0.717) is 6.42 Å². The van der Waals surface area contributed by atoms with E-state index >= 15 is 0 Å². The Morgan fingerprint density at radius 1 is 1.43 bits per heavy atom. The van der Waals surface area contributed by atoms with Crippen LogP contribution >= 0.6 is 0 Å². The van der Waals surface area contributed by atoms with Gasteiger partial charge in [-0.15, -0.1) is 0 Å². The largest absolute Gasteiger partial charge is 0.507 e. The lowest BCUT2D eigenvalue weighted by atomic mass is 10.0. The van der Waals surface area contributed by atoms with Crippen LogP contribution in [0.2, 0.25) is 0 Å². The van der Waals surface area contributed by atoms with Crippen LogP contribution < -0.4 is 0 Å². The molecule has 0 aliphatic carbocycles. The first-order valence-corrected chi connectivity index (χ1v) is 8.81. The Labute approximate surface area is 132 Å². The summed E-state index contributed by atoms with van der Waals surface area (Å²) in [4.78, 5) is 12.4. The van der Waals surface area contributed by atoms with Crippen molar-refractivity contribution < 1.29 is 22.7 Å². The smallest absolute Gasteiger partial charge is 0.200 e. The number of hydrogen-bond donors (Lipinski definition) is 1. The van der Waals surface area contributed by atoms with Crippen molar-refractivity contribution in [2.45, 2.75) is 18.9 Å². The highest BCUT2D eigenvalue weighted by Gasteiger charge is 2.40. The minimum absolute atomic E-state index is 0.0411. The zero-order valence-corrected chi connectivity index (χ0v) is 13.2. The molecule has 8 heteroatoms. The lowest BCUT2D eigenvalue weighted by molar-refractivity contribution is 0.103. The van der Waals surface area contributed by atoms with Crippen LogP contribution in [0.25, 0.3) is 0 Å². The van der Waals surface area contributed by atoms with Crippen molar-refractivity contribution in [1.82, 2.24) is 9.78 Å². The minimum atomic E-state index is -3.11. The predicted octanol–water partition coefficient (Wildman–Crippen LogP) is 1.49. The Hall–Kier alpha value is -2.22. The van der Waals surface area contributed by atoms with Crippen LogP contribution in [-0.2, 0) is 15.4 Å². The monoisotopic (exact) mass is 338 g/mol. The highest BCUT2D eigenvalue weighted by Crippen LogP contribution is 2.30. The molecule has 0 bridgehead atoms. The van der Waals surface area contributed by atoms with Crippen LogP contribution in [0.1, 0.15) is 29.3 Å². The summed E-state index contributed by atoms with van der Waals surface area (Å²) in [5, 5.41) is 13.8. The second-order valence-electron chi connectivity index (χ2n) is 6.00. The number of carbonyl (C=O) groups excluding carboxylic acids is 1. The summed E-state index contributed by atoms with van der Waals surface area (Å²) in [6, 6.07) is 3.12. The molecule has 3 rings (SSSR count). The zero-order chi connectivity index (χ0) is 16.8. The molecule has 1 fully saturated rings. The summed E-state index contributed by atoms with van der Waals surface area (Å²) in [5.41, 5.74) is -0.702. The highest BCUT2D eigenvalue weighted by molar-refractivity contribution is 7.91. The summed E-state index contributed by atoms with van der Waals surface area (Å²) < 4.78 is 38.1. The van der Waals surface area contributed by atoms with Gasteiger partial charge in [0.15, 0.2) is 15.6 Å². The lowest BCUT2D eigenvalue weighted by Gasteiger charge is -2.22. The van der Waals surface area contributed by atoms with Gasteiger partial charge < -0.3 is 5.11 Å². The van der Waals surface area contributed by atoms with Crippen molar-refractivity contribution in [3.63, 3.8) is 0 Å². The molecule has 1 aliphatic rings. The number of aromatic nitrogens is 2. The molecule has 6 nitrogen and oxygen atoms in total. The molecule has 0 unspecified atom stereocenters. The van der Waals surface area contributed by atoms with Crippen molar-refractivity contribution in [3.05, 3.63) is 47.5 Å². The minimum Gasteiger partial charge on any atom is -0.507 e. The molecular weight excluding hydrogens is 323 g/mol. The Morgan fingerprint density at radius 3 is 2.83 bits per heavy atom. The Bertz CT molecular complexity index is 891. The maximum absolute atomic E-state index is 13.3. The molecule has 122 valence electrons. The second kappa shape index (κ2) is 5.16. The number of halogens is 1. The van der Waals surface area contributed by atoms with Crippen molar-refractivity contribution in [2.24, 2.45) is 0 Å². The SMILES string of the molecule is C[C@@]1(n2cc(C(=O)c3cc(F)ccc3O)cn2)CCS(=O)(=O)C1. The number of nitrogens with zero attached hydrogens (tertiary/aromatic N) is 2. The average molecular weight is 338 g/mol. The van der Waals surface area contributed by atoms with Gasteiger partial charge in [0.1, 0.15) is 11.6 Å². The molecule has 0 spiro atoms. The van der Waals surface area contributed by atoms with Gasteiger partial charge in [0, 0.05) is 6.20 Å². The Morgan fingerprint density at radius 2 is 2.17 bits per heavy atom. The summed E-state index contributed by atoms with van der Waals surface area (Å²) in [7, 11) is -3.11. The molecule has 1 N–H and O–H groups in total. The third kappa shape index (κ3) is 2.86. The third-order valence-corrected chi connectivity index (χ3v) is 5.97. The number of benzene rings is 1. The van der Waals surface area contributed by atoms with E-state index in [4.69, 9.17) is 0 Å². The van der Waals surface area contributed by atoms with Crippen molar-refractivity contribution >= 4 is 15.6 Å². The maximum atomic E-state index is 13.3. The van der Waals surface area contributed by atoms with Crippen molar-refractivity contribution in [2.75, 3.05) is 11.5 Å². The standard InChI is InChI=1S/C15H15FN2O4S/c1-15(4-5-23(21,22)9-15)18-8-10(7-17-18)14(20)12-6-11(16)2-3-13(12)19/h2-3,6-8,19H,4-5,9H2,1H3/t15-/m1/s1. The summed E-state index contributed by atoms with van der Waals surface area (Å²) in [6.07, 6.45) is 3.15. The van der Waals surface area contributed by atoms with Crippen molar-refractivity contribution in [1.29, 1.82) is 0 Å². The van der Waals surface area contributed by atoms with E-state index in [9.17, 15) is 22.7 Å². The van der Waals surface area contributed by atoms with Gasteiger partial charge in [0.05, 0.1) is 34.4 Å². The van der Waals surface area contributed by atoms with Crippen LogP contribution in [0.5, 0.6) is 5.75 Å². The molecule has 0 radical (unpaired) electrons. The first-order valence-electron chi connectivity index (χ1n) is 6.99. The Balaban J connectivity index is 1.93. The molecule has 1 saturated heterocycles. The first-order chi connectivity index (χ1) is 10.7. The van der Waals surface area contributed by atoms with E-state index in [1.165, 1.54) is 17.1 Å². The van der Waals surface area contributed by atoms with Crippen LogP contribution in [0.3, 0.4) is 0 Å². The van der Waals surface area contributed by atoms with Gasteiger partial charge in [-0.25, -0.2) is 12.8 Å². The van der Waals surface area contributed by atoms with Gasteiger partial charge in [-0.2, -0.15) is 5.10 Å². The van der Waals surface area contributed by atoms with E-state index < -0.39 is 27.0 Å². The number of carbonyl (C=O) groups is 1. The molecule has 1 aliphatic heterocycles. The van der Waals surface area contributed by atoms with Crippen LogP contribution in [0.4, 0.5) is 4.39 Å². The molecule has 1 aromatic carbocycles. The topological polar surface area (TPSA) is 89.3 Å². The fourth-order valence-electron chi connectivity index (χ4n) is 2.76. The molecular formula is C15H15FN2O4S. The quantitative estimate of drug-likeness (QED) is 0.857. The fraction of sp³-hybridized carbons (Fsp3) is 0.333. The van der Waals surface area contributed by atoms with E-state index in [1.54, 1.807) is 6.92 Å². The second-order valence-corrected chi connectivity index (χ2v) is 8.19.